The van der Waals surface area contributed by atoms with Crippen LogP contribution < -0.4 is 79.8 Å². The second kappa shape index (κ2) is 49.6. The lowest BCUT2D eigenvalue weighted by Gasteiger charge is -2.33. The van der Waals surface area contributed by atoms with Gasteiger partial charge in [0.15, 0.2) is 0 Å². The Labute approximate surface area is 647 Å². The molecule has 1 saturated heterocycles. The van der Waals surface area contributed by atoms with Crippen molar-refractivity contribution in [1.29, 1.82) is 0 Å². The van der Waals surface area contributed by atoms with Crippen molar-refractivity contribution in [2.75, 3.05) is 81.1 Å². The molecule has 0 spiro atoms. The van der Waals surface area contributed by atoms with E-state index in [9.17, 15) is 136 Å². The summed E-state index contributed by atoms with van der Waals surface area (Å²) in [6.45, 7) is 8.39. The van der Waals surface area contributed by atoms with Crippen LogP contribution in [0.15, 0.2) is 0 Å². The van der Waals surface area contributed by atoms with Crippen LogP contribution in [0.1, 0.15) is 139 Å². The minimum Gasteiger partial charge on any atom is -0.391 e. The number of amides is 10. The molecule has 111 heavy (non-hydrogen) atoms. The van der Waals surface area contributed by atoms with Gasteiger partial charge in [0.25, 0.3) is 60.7 Å². The highest BCUT2D eigenvalue weighted by Gasteiger charge is 2.39. The summed E-state index contributed by atoms with van der Waals surface area (Å²) in [7, 11) is -28.7. The molecule has 0 aromatic carbocycles. The first-order valence-corrected chi connectivity index (χ1v) is 45.1. The van der Waals surface area contributed by atoms with Gasteiger partial charge in [-0.1, -0.05) is 60.8 Å². The molecule has 13 atom stereocenters. The maximum atomic E-state index is 15.0. The van der Waals surface area contributed by atoms with Gasteiger partial charge in [0.1, 0.15) is 83.6 Å². The fourth-order valence-electron chi connectivity index (χ4n) is 10.7. The summed E-state index contributed by atoms with van der Waals surface area (Å²) in [5, 5.41) is 58.2. The van der Waals surface area contributed by atoms with Crippen LogP contribution in [-0.4, -0.2) is 306 Å². The minimum absolute atomic E-state index is 0.172. The summed E-state index contributed by atoms with van der Waals surface area (Å²) >= 11 is 0. The number of hydrogen-bond donors (Lipinski definition) is 23. The number of hydrogen-bond acceptors (Lipinski definition) is 30. The third-order valence-electron chi connectivity index (χ3n) is 16.6. The van der Waals surface area contributed by atoms with Crippen molar-refractivity contribution < 1.29 is 136 Å². The van der Waals surface area contributed by atoms with E-state index in [0.29, 0.717) is 17.7 Å². The Hall–Kier alpha value is -6.16. The summed E-state index contributed by atoms with van der Waals surface area (Å²) in [6, 6.07) is -18.1. The third-order valence-corrected chi connectivity index (χ3v) is 20.1. The SMILES string of the molecule is CCC(C)CCCCC(=O)N(CS(=O)(=O)O)[C@@H](CCNCS(=O)(=O)O)C(=O)N[C@@H](CN[C@@H](CCNCS(=O)(=O)O)C(=O)N[C@H]1CCNC(=O)[C@H]([C@@H](C)O)NC(=O)[C@@H](CCNCS(=O)(=O)O)NC(=O)[C@H](CCNCS(=O)(=O)O)NC(=O)[C@H](CC(C)C)NC(=O)[C@@H](CC(C)C)NC(=O)[C@H](CCNCS(=O)(=O)O)NC1=O)[C@@H](C)O. The Morgan fingerprint density at radius 3 is 1.25 bits per heavy atom. The highest BCUT2D eigenvalue weighted by molar-refractivity contribution is 7.86. The van der Waals surface area contributed by atoms with Gasteiger partial charge in [0.2, 0.25) is 59.1 Å². The fourth-order valence-corrected chi connectivity index (χ4v) is 13.4. The normalized spacial score (nSPS) is 21.4. The van der Waals surface area contributed by atoms with E-state index in [1.807, 2.05) is 13.8 Å². The number of nitrogens with zero attached hydrogens (tertiary/aromatic N) is 1. The summed E-state index contributed by atoms with van der Waals surface area (Å²) < 4.78 is 199. The molecule has 1 heterocycles. The molecule has 1 rings (SSSR count). The van der Waals surface area contributed by atoms with Crippen molar-refractivity contribution in [2.24, 2.45) is 17.8 Å². The summed E-state index contributed by atoms with van der Waals surface area (Å²) in [6.07, 6.45) is -6.00. The number of unbranched alkanes of at least 4 members (excludes halogenated alkanes) is 1. The van der Waals surface area contributed by atoms with Gasteiger partial charge < -0.3 is 94.9 Å². The lowest BCUT2D eigenvalue weighted by Crippen LogP contribution is -2.61. The highest BCUT2D eigenvalue weighted by Crippen LogP contribution is 2.18. The zero-order chi connectivity index (χ0) is 85.0. The van der Waals surface area contributed by atoms with Crippen LogP contribution in [0, 0.1) is 17.8 Å². The molecule has 0 saturated carbocycles. The monoisotopic (exact) mass is 1720 g/mol. The fraction of sp³-hybridized carbons (Fsp3) is 0.831. The van der Waals surface area contributed by atoms with E-state index in [0.717, 1.165) is 20.3 Å². The third kappa shape index (κ3) is 47.3. The first kappa shape index (κ1) is 103. The minimum atomic E-state index is -5.14. The zero-order valence-corrected chi connectivity index (χ0v) is 67.9. The van der Waals surface area contributed by atoms with Gasteiger partial charge in [0.05, 0.1) is 24.3 Å². The van der Waals surface area contributed by atoms with Crippen LogP contribution >= 0.6 is 0 Å². The van der Waals surface area contributed by atoms with Crippen molar-refractivity contribution in [3.63, 3.8) is 0 Å². The smallest absolute Gasteiger partial charge is 0.283 e. The molecule has 46 nitrogen and oxygen atoms in total. The molecule has 0 aromatic rings. The standard InChI is InChI=1S/C59H114N16O30S6/c1-9-37(6)12-10-11-13-49(78)75(34-111(103,104)105)48(19-24-64-33-110(100,101)102)58(86)73-47(38(7)76)28-66-40(14-20-60-29-106(88,89)90)51(79)67-44-18-25-65-59(87)50(39(8)77)74-55(83)43(17-23-63-32-109(97,98)99)69-52(80)41(15-21-61-30-107(91,92)93)70-56(84)45(26-35(2)3)72-57(85)46(27-36(4)5)71-54(82)42(68-53(44)81)16-22-62-31-108(94,95)96/h35-48,50,60-64,66,76-77H,9-34H2,1-8H3,(H,65,87)(H,67,79)(H,68,81)(H,69,80)(H,70,84)(H,71,82)(H,72,85)(H,73,86)(H,74,83)(H,88,89,90)(H,91,92,93)(H,94,95,96)(H,97,98,99)(H,100,101,102)(H,103,104,105)/t37?,38-,39-,40+,41+,42+,43-,44+,45+,46-,47+,48+,50+/m1/s1. The average molecular weight is 1720 g/mol. The number of carbonyl (C=O) groups excluding carboxylic acids is 10. The molecule has 23 N–H and O–H groups in total. The highest BCUT2D eigenvalue weighted by atomic mass is 32.2. The molecule has 0 radical (unpaired) electrons. The summed E-state index contributed by atoms with van der Waals surface area (Å²) in [5.74, 6) is -19.6. The van der Waals surface area contributed by atoms with Crippen molar-refractivity contribution in [3.05, 3.63) is 0 Å². The van der Waals surface area contributed by atoms with E-state index >= 15 is 0 Å². The van der Waals surface area contributed by atoms with Crippen molar-refractivity contribution in [2.45, 2.75) is 211 Å². The molecule has 0 aromatic heterocycles. The Bertz CT molecular complexity index is 3750. The van der Waals surface area contributed by atoms with Crippen molar-refractivity contribution in [1.82, 2.24) is 84.7 Å². The zero-order valence-electron chi connectivity index (χ0n) is 63.0. The first-order chi connectivity index (χ1) is 51.1. The Morgan fingerprint density at radius 1 is 0.477 bits per heavy atom. The van der Waals surface area contributed by atoms with E-state index in [1.165, 1.54) is 0 Å². The topological polar surface area (TPSA) is 721 Å². The van der Waals surface area contributed by atoms with Gasteiger partial charge >= 0.3 is 0 Å². The molecule has 0 aliphatic carbocycles. The number of aliphatic hydroxyl groups is 2. The molecule has 646 valence electrons. The van der Waals surface area contributed by atoms with Gasteiger partial charge in [-0.2, -0.15) is 50.5 Å². The van der Waals surface area contributed by atoms with Crippen LogP contribution in [0.5, 0.6) is 0 Å². The molecule has 1 aliphatic rings. The summed E-state index contributed by atoms with van der Waals surface area (Å²) in [4.78, 5) is 145. The molecule has 1 aliphatic heterocycles. The van der Waals surface area contributed by atoms with Gasteiger partial charge in [-0.3, -0.25) is 75.3 Å². The van der Waals surface area contributed by atoms with Gasteiger partial charge in [-0.25, -0.2) is 0 Å². The number of carbonyl (C=O) groups is 10. The Kier molecular flexibility index (Phi) is 45.9. The lowest BCUT2D eigenvalue weighted by molar-refractivity contribution is -0.140. The van der Waals surface area contributed by atoms with E-state index in [4.69, 9.17) is 0 Å². The van der Waals surface area contributed by atoms with Crippen LogP contribution in [0.25, 0.3) is 0 Å². The molecule has 1 unspecified atom stereocenters. The lowest BCUT2D eigenvalue weighted by atomic mass is 9.99. The van der Waals surface area contributed by atoms with Crippen molar-refractivity contribution in [3.8, 4) is 0 Å². The maximum Gasteiger partial charge on any atom is 0.283 e. The van der Waals surface area contributed by atoms with Gasteiger partial charge in [0, 0.05) is 19.5 Å². The van der Waals surface area contributed by atoms with Crippen LogP contribution in [0.2, 0.25) is 0 Å². The van der Waals surface area contributed by atoms with E-state index in [2.05, 4.69) is 79.8 Å². The molecule has 52 heteroatoms. The quantitative estimate of drug-likeness (QED) is 0.0199. The molecule has 0 bridgehead atoms. The predicted octanol–water partition coefficient (Wildman–Crippen LogP) is -8.03. The first-order valence-electron chi connectivity index (χ1n) is 35.4. The van der Waals surface area contributed by atoms with E-state index < -0.39 is 324 Å². The maximum absolute atomic E-state index is 15.0. The molecular formula is C59H114N16O30S6. The number of rotatable bonds is 47. The Balaban J connectivity index is 4.40. The Morgan fingerprint density at radius 2 is 0.865 bits per heavy atom. The van der Waals surface area contributed by atoms with Crippen molar-refractivity contribution >= 4 is 120 Å². The molecule has 10 amide bonds. The largest absolute Gasteiger partial charge is 0.391 e. The van der Waals surface area contributed by atoms with E-state index in [-0.39, 0.29) is 31.6 Å². The molecular weight excluding hydrogens is 1610 g/mol. The van der Waals surface area contributed by atoms with Gasteiger partial charge in [-0.15, -0.1) is 0 Å². The van der Waals surface area contributed by atoms with Crippen LogP contribution in [-0.2, 0) is 109 Å². The second-order valence-electron chi connectivity index (χ2n) is 27.7. The van der Waals surface area contributed by atoms with E-state index in [1.54, 1.807) is 27.7 Å². The van der Waals surface area contributed by atoms with Crippen LogP contribution in [0.3, 0.4) is 0 Å². The second-order valence-corrected chi connectivity index (χ2v) is 36.4. The predicted molar refractivity (Wildman–Crippen MR) is 397 cm³/mol. The summed E-state index contributed by atoms with van der Waals surface area (Å²) in [5.41, 5.74) is 0. The van der Waals surface area contributed by atoms with Crippen LogP contribution in [0.4, 0.5) is 0 Å². The molecule has 1 fully saturated rings. The van der Waals surface area contributed by atoms with Gasteiger partial charge in [-0.05, 0) is 122 Å². The number of nitrogens with one attached hydrogen (secondary N) is 15. The average Bonchev–Trinajstić information content (AvgIpc) is 0.919. The number of aliphatic hydroxyl groups excluding tert-OH is 2.